The van der Waals surface area contributed by atoms with Gasteiger partial charge in [0.15, 0.2) is 11.1 Å². The molecule has 3 aromatic rings. The standard InChI is InChI=1S/C21H21N5O5S/c1-30-12-4-3-11-9-26(18(27)13(11)7-12)10-21(19(28)23-20(29)24-21)16-8-14-15(31-16)5-6-17(22-14)25-32-2/h3-8,18,27H,9-10H2,1-2H3,(H,22,25)(H2,23,24,28,29). The number of carbonyl (C=O) groups is 2. The van der Waals surface area contributed by atoms with Crippen molar-refractivity contribution in [2.45, 2.75) is 18.3 Å². The van der Waals surface area contributed by atoms with Crippen LogP contribution >= 0.6 is 11.9 Å². The molecular formula is C21H21N5O5S. The maximum Gasteiger partial charge on any atom is 0.322 e. The number of hydrogen-bond acceptors (Lipinski definition) is 9. The molecule has 1 aromatic carbocycles. The molecule has 0 bridgehead atoms. The molecule has 0 aliphatic carbocycles. The van der Waals surface area contributed by atoms with E-state index in [0.29, 0.717) is 34.8 Å². The Hall–Kier alpha value is -3.28. The number of carbonyl (C=O) groups excluding carboxylic acids is 2. The highest BCUT2D eigenvalue weighted by Gasteiger charge is 2.53. The lowest BCUT2D eigenvalue weighted by Crippen LogP contribution is -2.52. The Balaban J connectivity index is 1.52. The normalized spacial score (nSPS) is 22.7. The third-order valence-electron chi connectivity index (χ3n) is 5.73. The monoisotopic (exact) mass is 455 g/mol. The zero-order chi connectivity index (χ0) is 22.5. The molecule has 0 saturated carbocycles. The maximum atomic E-state index is 13.0. The van der Waals surface area contributed by atoms with Gasteiger partial charge in [-0.2, -0.15) is 0 Å². The first-order chi connectivity index (χ1) is 15.4. The second-order valence-electron chi connectivity index (χ2n) is 7.65. The van der Waals surface area contributed by atoms with Gasteiger partial charge in [0.2, 0.25) is 0 Å². The number of hydrogen-bond donors (Lipinski definition) is 4. The highest BCUT2D eigenvalue weighted by molar-refractivity contribution is 7.99. The zero-order valence-electron chi connectivity index (χ0n) is 17.3. The van der Waals surface area contributed by atoms with Crippen LogP contribution in [0.3, 0.4) is 0 Å². The highest BCUT2D eigenvalue weighted by Crippen LogP contribution is 2.38. The van der Waals surface area contributed by atoms with E-state index in [0.717, 1.165) is 5.56 Å². The summed E-state index contributed by atoms with van der Waals surface area (Å²) in [5, 5.41) is 16.0. The van der Waals surface area contributed by atoms with E-state index in [2.05, 4.69) is 20.3 Å². The second-order valence-corrected chi connectivity index (χ2v) is 8.27. The van der Waals surface area contributed by atoms with E-state index in [1.165, 1.54) is 11.9 Å². The number of pyridine rings is 1. The molecule has 166 valence electrons. The van der Waals surface area contributed by atoms with Crippen molar-refractivity contribution in [2.75, 3.05) is 24.6 Å². The molecule has 11 heteroatoms. The van der Waals surface area contributed by atoms with Crippen LogP contribution in [0.5, 0.6) is 5.75 Å². The topological polar surface area (TPSA) is 129 Å². The summed E-state index contributed by atoms with van der Waals surface area (Å²) in [6.45, 7) is 0.393. The number of ether oxygens (including phenoxy) is 1. The van der Waals surface area contributed by atoms with Crippen LogP contribution in [-0.4, -0.2) is 46.8 Å². The fourth-order valence-electron chi connectivity index (χ4n) is 4.18. The fraction of sp³-hybridized carbons (Fsp3) is 0.286. The first-order valence-electron chi connectivity index (χ1n) is 9.86. The van der Waals surface area contributed by atoms with Crippen LogP contribution in [0.1, 0.15) is 23.1 Å². The number of aliphatic hydroxyl groups excluding tert-OH is 1. The van der Waals surface area contributed by atoms with Gasteiger partial charge in [0, 0.05) is 31.0 Å². The van der Waals surface area contributed by atoms with Gasteiger partial charge in [-0.05, 0) is 29.8 Å². The molecule has 0 spiro atoms. The summed E-state index contributed by atoms with van der Waals surface area (Å²) in [5.41, 5.74) is 1.12. The second kappa shape index (κ2) is 7.69. The van der Waals surface area contributed by atoms with Gasteiger partial charge in [-0.25, -0.2) is 9.78 Å². The Kier molecular flexibility index (Phi) is 4.96. The number of furan rings is 1. The molecular weight excluding hydrogens is 434 g/mol. The Morgan fingerprint density at radius 2 is 2.19 bits per heavy atom. The largest absolute Gasteiger partial charge is 0.497 e. The number of nitrogens with one attached hydrogen (secondary N) is 3. The van der Waals surface area contributed by atoms with E-state index in [1.54, 1.807) is 36.3 Å². The number of aromatic nitrogens is 1. The van der Waals surface area contributed by atoms with E-state index < -0.39 is 23.7 Å². The van der Waals surface area contributed by atoms with Crippen LogP contribution in [0.2, 0.25) is 0 Å². The lowest BCUT2D eigenvalue weighted by Gasteiger charge is -2.30. The number of nitrogens with zero attached hydrogens (tertiary/aromatic N) is 2. The average molecular weight is 455 g/mol. The molecule has 0 radical (unpaired) electrons. The van der Waals surface area contributed by atoms with E-state index in [4.69, 9.17) is 9.15 Å². The molecule has 4 heterocycles. The minimum Gasteiger partial charge on any atom is -0.497 e. The number of amides is 3. The Morgan fingerprint density at radius 1 is 1.34 bits per heavy atom. The maximum absolute atomic E-state index is 13.0. The lowest BCUT2D eigenvalue weighted by atomic mass is 9.95. The van der Waals surface area contributed by atoms with Crippen LogP contribution in [-0.2, 0) is 16.9 Å². The van der Waals surface area contributed by atoms with Gasteiger partial charge in [0.05, 0.1) is 7.11 Å². The number of urea groups is 1. The number of imide groups is 1. The minimum atomic E-state index is -1.52. The number of anilines is 1. The summed E-state index contributed by atoms with van der Waals surface area (Å²) < 4.78 is 14.3. The average Bonchev–Trinajstić information content (AvgIpc) is 3.42. The van der Waals surface area contributed by atoms with Crippen LogP contribution < -0.4 is 20.1 Å². The van der Waals surface area contributed by atoms with Gasteiger partial charge in [0.1, 0.15) is 29.1 Å². The Morgan fingerprint density at radius 3 is 2.91 bits per heavy atom. The number of rotatable bonds is 6. The van der Waals surface area contributed by atoms with E-state index in [-0.39, 0.29) is 12.3 Å². The third kappa shape index (κ3) is 3.25. The van der Waals surface area contributed by atoms with Crippen LogP contribution in [0.15, 0.2) is 40.8 Å². The molecule has 2 aliphatic heterocycles. The smallest absolute Gasteiger partial charge is 0.322 e. The first-order valence-corrected chi connectivity index (χ1v) is 11.1. The first kappa shape index (κ1) is 20.6. The van der Waals surface area contributed by atoms with Gasteiger partial charge < -0.3 is 24.3 Å². The molecule has 2 aliphatic rings. The quantitative estimate of drug-likeness (QED) is 0.326. The Labute approximate surface area is 187 Å². The van der Waals surface area contributed by atoms with Crippen LogP contribution in [0.4, 0.5) is 10.6 Å². The molecule has 4 N–H and O–H groups in total. The van der Waals surface area contributed by atoms with Crippen LogP contribution in [0.25, 0.3) is 11.1 Å². The fourth-order valence-corrected chi connectivity index (χ4v) is 4.51. The molecule has 1 saturated heterocycles. The van der Waals surface area contributed by atoms with Crippen molar-refractivity contribution < 1.29 is 23.8 Å². The van der Waals surface area contributed by atoms with Gasteiger partial charge in [0.25, 0.3) is 5.91 Å². The van der Waals surface area contributed by atoms with Crippen molar-refractivity contribution in [1.82, 2.24) is 20.5 Å². The molecule has 1 fully saturated rings. The molecule has 2 atom stereocenters. The summed E-state index contributed by atoms with van der Waals surface area (Å²) in [5.74, 6) is 0.963. The van der Waals surface area contributed by atoms with Gasteiger partial charge >= 0.3 is 6.03 Å². The predicted octanol–water partition coefficient (Wildman–Crippen LogP) is 2.07. The van der Waals surface area contributed by atoms with Crippen LogP contribution in [0, 0.1) is 0 Å². The summed E-state index contributed by atoms with van der Waals surface area (Å²) in [7, 11) is 1.56. The molecule has 2 aromatic heterocycles. The van der Waals surface area contributed by atoms with Crippen molar-refractivity contribution in [3.8, 4) is 5.75 Å². The summed E-state index contributed by atoms with van der Waals surface area (Å²) in [6.07, 6.45) is 0.914. The Bertz CT molecular complexity index is 1230. The van der Waals surface area contributed by atoms with Crippen molar-refractivity contribution in [3.05, 3.63) is 53.3 Å². The van der Waals surface area contributed by atoms with Gasteiger partial charge in [-0.3, -0.25) is 15.0 Å². The third-order valence-corrected chi connectivity index (χ3v) is 6.15. The van der Waals surface area contributed by atoms with E-state index in [1.807, 2.05) is 18.4 Å². The van der Waals surface area contributed by atoms with Gasteiger partial charge in [-0.1, -0.05) is 18.0 Å². The zero-order valence-corrected chi connectivity index (χ0v) is 18.2. The van der Waals surface area contributed by atoms with Crippen molar-refractivity contribution in [3.63, 3.8) is 0 Å². The van der Waals surface area contributed by atoms with E-state index >= 15 is 0 Å². The van der Waals surface area contributed by atoms with Crippen molar-refractivity contribution in [1.29, 1.82) is 0 Å². The number of aliphatic hydroxyl groups is 1. The van der Waals surface area contributed by atoms with Crippen molar-refractivity contribution >= 4 is 40.8 Å². The number of benzene rings is 1. The summed E-state index contributed by atoms with van der Waals surface area (Å²) in [4.78, 5) is 31.3. The summed E-state index contributed by atoms with van der Waals surface area (Å²) in [6, 6.07) is 10.00. The molecule has 2 unspecified atom stereocenters. The number of fused-ring (bicyclic) bond motifs is 2. The predicted molar refractivity (Wildman–Crippen MR) is 118 cm³/mol. The molecule has 5 rings (SSSR count). The van der Waals surface area contributed by atoms with E-state index in [9.17, 15) is 14.7 Å². The molecule has 10 nitrogen and oxygen atoms in total. The molecule has 32 heavy (non-hydrogen) atoms. The molecule has 3 amide bonds. The minimum absolute atomic E-state index is 0.00151. The van der Waals surface area contributed by atoms with Gasteiger partial charge in [-0.15, -0.1) is 0 Å². The number of methoxy groups -OCH3 is 1. The summed E-state index contributed by atoms with van der Waals surface area (Å²) >= 11 is 1.41. The van der Waals surface area contributed by atoms with Crippen molar-refractivity contribution in [2.24, 2.45) is 0 Å². The lowest BCUT2D eigenvalue weighted by molar-refractivity contribution is -0.127. The highest BCUT2D eigenvalue weighted by atomic mass is 32.2. The SMILES string of the molecule is COc1ccc2c(c1)C(O)N(CC1(c3cc4nc(NSC)ccc4o3)NC(=O)NC1=O)C2.